The van der Waals surface area contributed by atoms with Gasteiger partial charge >= 0.3 is 150 Å². The SMILES string of the molecule is CC(=O)N(C(=O)C(F)(F)F)c1ccc(OC(C)C)c([CH]=[Ru]([Cl])[Cl])c1.Cc1cc(C)c(N2[CH-]N(c3c(C)cc(C)cc3C)CC2)c(C)c1. The summed E-state index contributed by atoms with van der Waals surface area (Å²) in [6.07, 6.45) is -5.38. The van der Waals surface area contributed by atoms with Gasteiger partial charge in [0.05, 0.1) is 0 Å². The van der Waals surface area contributed by atoms with Crippen LogP contribution >= 0.6 is 19.4 Å². The number of anilines is 3. The van der Waals surface area contributed by atoms with E-state index in [0.29, 0.717) is 11.3 Å². The Morgan fingerprint density at radius 2 is 1.32 bits per heavy atom. The predicted molar refractivity (Wildman–Crippen MR) is 184 cm³/mol. The number of nitrogens with zero attached hydrogens (tertiary/aromatic N) is 3. The van der Waals surface area contributed by atoms with Gasteiger partial charge in [-0.25, -0.2) is 0 Å². The minimum absolute atomic E-state index is 0.0516. The van der Waals surface area contributed by atoms with Gasteiger partial charge in [-0.3, -0.25) is 0 Å². The second kappa shape index (κ2) is 16.0. The number of imide groups is 1. The Labute approximate surface area is 288 Å². The number of benzene rings is 3. The molecule has 6 nitrogen and oxygen atoms in total. The molecule has 0 atom stereocenters. The Morgan fingerprint density at radius 3 is 1.68 bits per heavy atom. The topological polar surface area (TPSA) is 53.1 Å². The molecule has 0 bridgehead atoms. The zero-order valence-corrected chi connectivity index (χ0v) is 31.2. The van der Waals surface area contributed by atoms with Crippen LogP contribution in [0, 0.1) is 48.2 Å². The van der Waals surface area contributed by atoms with Crippen molar-refractivity contribution >= 4 is 52.9 Å². The fraction of sp³-hybridized carbons (Fsp3) is 0.371. The van der Waals surface area contributed by atoms with Crippen molar-refractivity contribution in [2.45, 2.75) is 74.6 Å². The van der Waals surface area contributed by atoms with E-state index in [2.05, 4.69) is 82.3 Å². The Balaban J connectivity index is 0.000000255. The molecule has 0 aliphatic carbocycles. The van der Waals surface area contributed by atoms with E-state index in [-0.39, 0.29) is 16.7 Å². The molecule has 1 aliphatic rings. The van der Waals surface area contributed by atoms with E-state index in [4.69, 9.17) is 24.1 Å². The average Bonchev–Trinajstić information content (AvgIpc) is 3.37. The molecule has 0 radical (unpaired) electrons. The van der Waals surface area contributed by atoms with Gasteiger partial charge in [-0.2, -0.15) is 6.67 Å². The number of hydrogen-bond acceptors (Lipinski definition) is 5. The van der Waals surface area contributed by atoms with Gasteiger partial charge in [0, 0.05) is 24.5 Å². The van der Waals surface area contributed by atoms with Gasteiger partial charge in [0.25, 0.3) is 0 Å². The third-order valence-electron chi connectivity index (χ3n) is 7.27. The van der Waals surface area contributed by atoms with Crippen LogP contribution in [0.1, 0.15) is 59.7 Å². The molecule has 1 fully saturated rings. The fourth-order valence-electron chi connectivity index (χ4n) is 5.86. The molecule has 1 saturated heterocycles. The maximum absolute atomic E-state index is 12.7. The standard InChI is InChI=1S/C21H27N2.C14H14F3NO3.2ClH.Ru/c1-14-9-16(3)20(17(4)10-14)22-7-8-23(13-22)21-18(5)11-15(2)12-19(21)6;1-8(2)21-12-6-5-11(7-9(12)3)18(10(4)19)13(20)14(15,16)17;;;/h9-13H,7-8H2,1-6H3;3,5-8H,1-2,4H3;2*1H;/q-1;;;;+2/p-2. The molecule has 12 heteroatoms. The van der Waals surface area contributed by atoms with E-state index in [1.165, 1.54) is 67.6 Å². The minimum atomic E-state index is -5.18. The van der Waals surface area contributed by atoms with Crippen molar-refractivity contribution < 1.29 is 41.0 Å². The number of ether oxygens (including phenoxy) is 1. The normalized spacial score (nSPS) is 13.3. The minimum Gasteiger partial charge on any atom is -0.502 e. The number of alkyl halides is 3. The van der Waals surface area contributed by atoms with Crippen molar-refractivity contribution in [2.75, 3.05) is 27.8 Å². The third kappa shape index (κ3) is 10.0. The van der Waals surface area contributed by atoms with E-state index in [0.717, 1.165) is 20.0 Å². The summed E-state index contributed by atoms with van der Waals surface area (Å²) in [5.74, 6) is -2.99. The first-order valence-corrected chi connectivity index (χ1v) is 20.4. The van der Waals surface area contributed by atoms with E-state index < -0.39 is 31.5 Å². The Bertz CT molecular complexity index is 1560. The first kappa shape index (κ1) is 38.5. The van der Waals surface area contributed by atoms with Crippen molar-refractivity contribution in [3.05, 3.63) is 88.1 Å². The molecular weight excluding hydrogens is 739 g/mol. The van der Waals surface area contributed by atoms with Gasteiger partial charge in [-0.15, -0.1) is 0 Å². The van der Waals surface area contributed by atoms with Crippen LogP contribution in [-0.4, -0.2) is 41.8 Å². The van der Waals surface area contributed by atoms with Gasteiger partial charge in [-0.05, 0) is 63.8 Å². The molecule has 2 amide bonds. The summed E-state index contributed by atoms with van der Waals surface area (Å²) in [4.78, 5) is 27.9. The summed E-state index contributed by atoms with van der Waals surface area (Å²) in [5, 5.41) is 0. The smallest absolute Gasteiger partial charge is 0.0146 e. The van der Waals surface area contributed by atoms with Crippen LogP contribution in [0.5, 0.6) is 5.75 Å². The summed E-state index contributed by atoms with van der Waals surface area (Å²) in [5.41, 5.74) is 10.9. The first-order chi connectivity index (χ1) is 21.8. The molecule has 1 aliphatic heterocycles. The Kier molecular flexibility index (Phi) is 13.1. The molecule has 0 unspecified atom stereocenters. The van der Waals surface area contributed by atoms with E-state index in [1.54, 1.807) is 13.8 Å². The molecular formula is C35H41Cl2F3N3O3Ru-. The van der Waals surface area contributed by atoms with Crippen molar-refractivity contribution in [1.29, 1.82) is 0 Å². The van der Waals surface area contributed by atoms with Crippen LogP contribution in [0.3, 0.4) is 0 Å². The van der Waals surface area contributed by atoms with E-state index in [1.807, 2.05) is 0 Å². The van der Waals surface area contributed by atoms with Gasteiger partial charge in [0.1, 0.15) is 0 Å². The third-order valence-corrected chi connectivity index (χ3v) is 9.10. The molecule has 0 aromatic heterocycles. The van der Waals surface area contributed by atoms with Crippen LogP contribution in [-0.2, 0) is 23.1 Å². The summed E-state index contributed by atoms with van der Waals surface area (Å²) in [6.45, 7) is 22.0. The van der Waals surface area contributed by atoms with Crippen molar-refractivity contribution in [1.82, 2.24) is 0 Å². The van der Waals surface area contributed by atoms with Gasteiger partial charge in [0.15, 0.2) is 0 Å². The number of halogens is 5. The van der Waals surface area contributed by atoms with Crippen LogP contribution < -0.4 is 19.4 Å². The maximum atomic E-state index is 12.7. The van der Waals surface area contributed by atoms with Gasteiger partial charge < -0.3 is 9.80 Å². The molecule has 4 rings (SSSR count). The second-order valence-electron chi connectivity index (χ2n) is 11.8. The van der Waals surface area contributed by atoms with Gasteiger partial charge in [0.2, 0.25) is 0 Å². The number of amides is 2. The molecule has 1 heterocycles. The zero-order chi connectivity index (χ0) is 35.4. The quantitative estimate of drug-likeness (QED) is 0.185. The number of hydrogen-bond donors (Lipinski definition) is 0. The fourth-order valence-corrected chi connectivity index (χ4v) is 7.64. The predicted octanol–water partition coefficient (Wildman–Crippen LogP) is 8.97. The van der Waals surface area contributed by atoms with Crippen molar-refractivity contribution in [3.8, 4) is 5.75 Å². The van der Waals surface area contributed by atoms with Gasteiger partial charge in [-0.1, -0.05) is 35.4 Å². The van der Waals surface area contributed by atoms with Crippen molar-refractivity contribution in [3.63, 3.8) is 0 Å². The molecule has 0 spiro atoms. The number of aryl methyl sites for hydroxylation is 6. The van der Waals surface area contributed by atoms with Crippen LogP contribution in [0.25, 0.3) is 0 Å². The number of carbonyl (C=O) groups excluding carboxylic acids is 2. The van der Waals surface area contributed by atoms with Crippen LogP contribution in [0.2, 0.25) is 0 Å². The largest absolute Gasteiger partial charge is 0.502 e. The number of carbonyl (C=O) groups is 2. The van der Waals surface area contributed by atoms with Crippen LogP contribution in [0.15, 0.2) is 42.5 Å². The summed E-state index contributed by atoms with van der Waals surface area (Å²) < 4.78 is 45.1. The second-order valence-corrected chi connectivity index (χ2v) is 17.6. The Hall–Kier alpha value is -2.94. The van der Waals surface area contributed by atoms with E-state index >= 15 is 0 Å². The number of rotatable bonds is 6. The first-order valence-electron chi connectivity index (χ1n) is 14.9. The molecule has 0 N–H and O–H groups in total. The van der Waals surface area contributed by atoms with E-state index in [9.17, 15) is 22.8 Å². The zero-order valence-electron chi connectivity index (χ0n) is 28.0. The Morgan fingerprint density at radius 1 is 0.872 bits per heavy atom. The van der Waals surface area contributed by atoms with Crippen molar-refractivity contribution in [2.24, 2.45) is 0 Å². The molecule has 0 saturated carbocycles. The summed E-state index contributed by atoms with van der Waals surface area (Å²) in [7, 11) is 11.6. The average molecular weight is 781 g/mol. The monoisotopic (exact) mass is 780 g/mol. The summed E-state index contributed by atoms with van der Waals surface area (Å²) in [6, 6.07) is 12.9. The maximum Gasteiger partial charge on any atom is 0.0146 e. The molecule has 3 aromatic rings. The van der Waals surface area contributed by atoms with Crippen LogP contribution in [0.4, 0.5) is 30.2 Å². The summed E-state index contributed by atoms with van der Waals surface area (Å²) >= 11 is -2.32. The molecule has 47 heavy (non-hydrogen) atoms. The molecule has 3 aromatic carbocycles. The molecule has 258 valence electrons.